The lowest BCUT2D eigenvalue weighted by Crippen LogP contribution is -2.24. The molecule has 17 heteroatoms. The Hall–Kier alpha value is -6.49. The van der Waals surface area contributed by atoms with Crippen molar-refractivity contribution in [2.45, 2.75) is 13.1 Å². The first kappa shape index (κ1) is 36.9. The maximum atomic E-state index is 14.8. The molecule has 0 fully saturated rings. The predicted molar refractivity (Wildman–Crippen MR) is 204 cm³/mol. The number of imidazole rings is 2. The molecule has 0 saturated heterocycles. The second-order valence-electron chi connectivity index (χ2n) is 12.8. The second kappa shape index (κ2) is 14.7. The molecule has 0 spiro atoms. The molecule has 0 unspecified atom stereocenters. The van der Waals surface area contributed by atoms with Crippen LogP contribution in [-0.4, -0.2) is 60.9 Å². The van der Waals surface area contributed by atoms with Crippen LogP contribution in [0, 0.1) is 11.6 Å². The van der Waals surface area contributed by atoms with Crippen LogP contribution in [0.1, 0.15) is 21.5 Å². The lowest BCUT2D eigenvalue weighted by Gasteiger charge is -2.11. The minimum Gasteiger partial charge on any atom is -0.465 e. The molecule has 0 atom stereocenters. The van der Waals surface area contributed by atoms with Gasteiger partial charge in [0.2, 0.25) is 0 Å². The standard InChI is InChI=1S/C20H18FN5O3.C18H15BrFN5O/c1-24-11-22-17-14(20(28)29-3)10-26(19(27)18(17)24)9-13-5-4-12(8-15(13)21)16-6-7-25(2)23-16;1-23-10-21-16-13(19)9-25(18(26)17(16)23)8-12-4-3-11(7-14(12)20)15-5-6-24(2)22-15/h4-8,10-11H,9H2,1-3H3;3-7,9-10H,8H2,1-2H3. The number of hydrogen-bond donors (Lipinski definition) is 0. The van der Waals surface area contributed by atoms with E-state index in [-0.39, 0.29) is 46.6 Å². The van der Waals surface area contributed by atoms with Crippen molar-refractivity contribution in [1.82, 2.24) is 47.8 Å². The fourth-order valence-electron chi connectivity index (χ4n) is 6.21. The van der Waals surface area contributed by atoms with Gasteiger partial charge in [0.05, 0.1) is 48.7 Å². The van der Waals surface area contributed by atoms with E-state index in [9.17, 15) is 23.2 Å². The minimum absolute atomic E-state index is 0.0434. The van der Waals surface area contributed by atoms with Gasteiger partial charge in [-0.3, -0.25) is 19.0 Å². The Morgan fingerprint density at radius 1 is 0.709 bits per heavy atom. The Balaban J connectivity index is 0.000000170. The predicted octanol–water partition coefficient (Wildman–Crippen LogP) is 5.19. The van der Waals surface area contributed by atoms with Crippen LogP contribution >= 0.6 is 15.9 Å². The molecule has 8 rings (SSSR count). The average molecular weight is 812 g/mol. The molecule has 0 saturated carbocycles. The molecule has 6 aromatic heterocycles. The third kappa shape index (κ3) is 7.13. The molecular formula is C38H33BrF2N10O4. The van der Waals surface area contributed by atoms with Crippen LogP contribution < -0.4 is 11.1 Å². The van der Waals surface area contributed by atoms with Gasteiger partial charge in [-0.15, -0.1) is 0 Å². The summed E-state index contributed by atoms with van der Waals surface area (Å²) in [5, 5.41) is 8.54. The molecule has 8 aromatic rings. The third-order valence-corrected chi connectivity index (χ3v) is 9.63. The summed E-state index contributed by atoms with van der Waals surface area (Å²) in [7, 11) is 8.27. The highest BCUT2D eigenvalue weighted by Crippen LogP contribution is 2.24. The van der Waals surface area contributed by atoms with Gasteiger partial charge in [-0.2, -0.15) is 10.2 Å². The number of rotatable bonds is 7. The molecule has 0 bridgehead atoms. The smallest absolute Gasteiger partial charge is 0.341 e. The van der Waals surface area contributed by atoms with Gasteiger partial charge >= 0.3 is 5.97 Å². The van der Waals surface area contributed by atoms with Crippen LogP contribution in [-0.2, 0) is 46.0 Å². The number of methoxy groups -OCH3 is 1. The number of hydrogen-bond acceptors (Lipinski definition) is 8. The van der Waals surface area contributed by atoms with E-state index in [2.05, 4.69) is 36.1 Å². The van der Waals surface area contributed by atoms with Crippen molar-refractivity contribution in [1.29, 1.82) is 0 Å². The molecule has 0 N–H and O–H groups in total. The highest BCUT2D eigenvalue weighted by atomic mass is 79.9. The van der Waals surface area contributed by atoms with E-state index in [1.807, 2.05) is 19.2 Å². The van der Waals surface area contributed by atoms with E-state index in [0.717, 1.165) is 0 Å². The highest BCUT2D eigenvalue weighted by Gasteiger charge is 2.20. The van der Waals surface area contributed by atoms with Crippen molar-refractivity contribution in [3.05, 3.63) is 139 Å². The van der Waals surface area contributed by atoms with E-state index in [0.29, 0.717) is 49.1 Å². The van der Waals surface area contributed by atoms with E-state index >= 15 is 0 Å². The van der Waals surface area contributed by atoms with Crippen LogP contribution in [0.2, 0.25) is 0 Å². The molecule has 0 amide bonds. The van der Waals surface area contributed by atoms with Crippen molar-refractivity contribution in [2.75, 3.05) is 7.11 Å². The number of benzene rings is 2. The second-order valence-corrected chi connectivity index (χ2v) is 13.7. The topological polar surface area (TPSA) is 142 Å². The van der Waals surface area contributed by atoms with E-state index in [4.69, 9.17) is 4.74 Å². The monoisotopic (exact) mass is 810 g/mol. The number of ether oxygens (including phenoxy) is 1. The molecule has 0 aliphatic rings. The van der Waals surface area contributed by atoms with Gasteiger partial charge in [-0.1, -0.05) is 24.3 Å². The van der Waals surface area contributed by atoms with Crippen LogP contribution in [0.15, 0.2) is 100 Å². The Morgan fingerprint density at radius 2 is 1.18 bits per heavy atom. The van der Waals surface area contributed by atoms with Crippen molar-refractivity contribution in [3.63, 3.8) is 0 Å². The van der Waals surface area contributed by atoms with E-state index < -0.39 is 11.8 Å². The highest BCUT2D eigenvalue weighted by molar-refractivity contribution is 9.10. The minimum atomic E-state index is -0.617. The van der Waals surface area contributed by atoms with E-state index in [1.165, 1.54) is 45.5 Å². The van der Waals surface area contributed by atoms with Crippen molar-refractivity contribution < 1.29 is 18.3 Å². The van der Waals surface area contributed by atoms with Gasteiger partial charge in [-0.25, -0.2) is 23.5 Å². The Bertz CT molecular complexity index is 2880. The summed E-state index contributed by atoms with van der Waals surface area (Å²) in [4.78, 5) is 46.1. The lowest BCUT2D eigenvalue weighted by molar-refractivity contribution is 0.0601. The summed E-state index contributed by atoms with van der Waals surface area (Å²) in [6.07, 6.45) is 9.62. The summed E-state index contributed by atoms with van der Waals surface area (Å²) in [5.41, 5.74) is 4.57. The summed E-state index contributed by atoms with van der Waals surface area (Å²) >= 11 is 3.43. The Morgan fingerprint density at radius 3 is 1.64 bits per heavy atom. The van der Waals surface area contributed by atoms with E-state index in [1.54, 1.807) is 84.3 Å². The maximum Gasteiger partial charge on any atom is 0.341 e. The first-order valence-corrected chi connectivity index (χ1v) is 17.5. The largest absolute Gasteiger partial charge is 0.465 e. The SMILES string of the molecule is COC(=O)c1cn(Cc2ccc(-c3ccn(C)n3)cc2F)c(=O)c2c1ncn2C.Cn1ccc(-c2ccc(Cn3cc(Br)c4ncn(C)c4c3=O)c(F)c2)n1. The Labute approximate surface area is 319 Å². The number of halogens is 3. The molecule has 0 aliphatic heterocycles. The molecule has 55 heavy (non-hydrogen) atoms. The van der Waals surface area contributed by atoms with Crippen LogP contribution in [0.25, 0.3) is 44.6 Å². The number of pyridine rings is 2. The fourth-order valence-corrected chi connectivity index (χ4v) is 6.75. The zero-order valence-electron chi connectivity index (χ0n) is 30.2. The summed E-state index contributed by atoms with van der Waals surface area (Å²) < 4.78 is 44.1. The number of nitrogens with zero attached hydrogens (tertiary/aromatic N) is 10. The van der Waals surface area contributed by atoms with Crippen LogP contribution in [0.4, 0.5) is 8.78 Å². The first-order chi connectivity index (χ1) is 26.3. The van der Waals surface area contributed by atoms with Crippen molar-refractivity contribution >= 4 is 44.0 Å². The van der Waals surface area contributed by atoms with Gasteiger partial charge in [0, 0.05) is 75.2 Å². The molecule has 0 radical (unpaired) electrons. The summed E-state index contributed by atoms with van der Waals surface area (Å²) in [6.45, 7) is 0.0885. The number of carbonyl (C=O) groups excluding carboxylic acids is 1. The number of fused-ring (bicyclic) bond motifs is 2. The molecule has 0 aliphatic carbocycles. The zero-order valence-corrected chi connectivity index (χ0v) is 31.8. The molecule has 14 nitrogen and oxygen atoms in total. The van der Waals surface area contributed by atoms with Crippen molar-refractivity contribution in [2.24, 2.45) is 28.2 Å². The van der Waals surface area contributed by atoms with Gasteiger partial charge in [0.15, 0.2) is 0 Å². The van der Waals surface area contributed by atoms with Gasteiger partial charge in [-0.05, 0) is 40.2 Å². The van der Waals surface area contributed by atoms with Crippen molar-refractivity contribution in [3.8, 4) is 22.5 Å². The first-order valence-electron chi connectivity index (χ1n) is 16.7. The molecule has 2 aromatic carbocycles. The number of aromatic nitrogens is 10. The molecular weight excluding hydrogens is 778 g/mol. The normalized spacial score (nSPS) is 11.3. The van der Waals surface area contributed by atoms with Gasteiger partial charge in [0.1, 0.15) is 39.3 Å². The summed E-state index contributed by atoms with van der Waals surface area (Å²) in [6, 6.07) is 13.3. The van der Waals surface area contributed by atoms with Crippen LogP contribution in [0.3, 0.4) is 0 Å². The average Bonchev–Trinajstić information content (AvgIpc) is 3.97. The zero-order chi connectivity index (χ0) is 39.1. The summed E-state index contributed by atoms with van der Waals surface area (Å²) in [5.74, 6) is -1.46. The number of aryl methyl sites for hydroxylation is 4. The third-order valence-electron chi connectivity index (χ3n) is 9.05. The number of carbonyl (C=O) groups is 1. The number of esters is 1. The lowest BCUT2D eigenvalue weighted by atomic mass is 10.1. The quantitative estimate of drug-likeness (QED) is 0.200. The molecule has 280 valence electrons. The van der Waals surface area contributed by atoms with Crippen LogP contribution in [0.5, 0.6) is 0 Å². The Kier molecular flexibility index (Phi) is 9.87. The van der Waals surface area contributed by atoms with Gasteiger partial charge < -0.3 is 23.0 Å². The van der Waals surface area contributed by atoms with Gasteiger partial charge in [0.25, 0.3) is 11.1 Å². The fraction of sp³-hybridized carbons (Fsp3) is 0.184. The maximum absolute atomic E-state index is 14.8. The molecule has 6 heterocycles.